The fraction of sp³-hybridized carbons (Fsp3) is 0.273. The number of amides is 1. The second-order valence-electron chi connectivity index (χ2n) is 3.84. The van der Waals surface area contributed by atoms with E-state index in [9.17, 15) is 18.0 Å². The van der Waals surface area contributed by atoms with Crippen molar-refractivity contribution >= 4 is 32.6 Å². The van der Waals surface area contributed by atoms with Crippen molar-refractivity contribution in [2.45, 2.75) is 12.6 Å². The molecule has 4 nitrogen and oxygen atoms in total. The van der Waals surface area contributed by atoms with Crippen LogP contribution in [0.25, 0.3) is 10.2 Å². The van der Waals surface area contributed by atoms with Crippen LogP contribution in [0.15, 0.2) is 18.2 Å². The van der Waals surface area contributed by atoms with Crippen molar-refractivity contribution in [1.82, 2.24) is 4.98 Å². The number of thiazole rings is 1. The molecule has 1 amide bonds. The molecule has 0 saturated heterocycles. The molecular formula is C11H10F3N3OS. The second-order valence-corrected chi connectivity index (χ2v) is 4.87. The molecule has 2 aromatic rings. The number of benzene rings is 1. The third-order valence-electron chi connectivity index (χ3n) is 2.36. The van der Waals surface area contributed by atoms with Gasteiger partial charge in [-0.1, -0.05) is 11.3 Å². The van der Waals surface area contributed by atoms with Crippen LogP contribution < -0.4 is 11.1 Å². The maximum Gasteiger partial charge on any atom is 0.416 e. The average molecular weight is 289 g/mol. The Morgan fingerprint density at radius 3 is 2.79 bits per heavy atom. The summed E-state index contributed by atoms with van der Waals surface area (Å²) in [6.45, 7) is 0.307. The molecule has 19 heavy (non-hydrogen) atoms. The van der Waals surface area contributed by atoms with Crippen LogP contribution in [0.3, 0.4) is 0 Å². The Morgan fingerprint density at radius 2 is 2.16 bits per heavy atom. The van der Waals surface area contributed by atoms with E-state index in [2.05, 4.69) is 10.3 Å². The maximum absolute atomic E-state index is 12.5. The average Bonchev–Trinajstić information content (AvgIpc) is 2.68. The summed E-state index contributed by atoms with van der Waals surface area (Å²) in [6, 6.07) is 3.41. The van der Waals surface area contributed by atoms with Gasteiger partial charge in [0.2, 0.25) is 5.91 Å². The number of hydrogen-bond acceptors (Lipinski definition) is 4. The summed E-state index contributed by atoms with van der Waals surface area (Å²) in [6.07, 6.45) is -4.24. The first-order chi connectivity index (χ1) is 8.86. The lowest BCUT2D eigenvalue weighted by Gasteiger charge is -2.04. The second kappa shape index (κ2) is 5.04. The number of alkyl halides is 3. The Labute approximate surface area is 110 Å². The van der Waals surface area contributed by atoms with Crippen molar-refractivity contribution in [3.8, 4) is 0 Å². The number of hydrogen-bond donors (Lipinski definition) is 2. The van der Waals surface area contributed by atoms with Crippen molar-refractivity contribution in [3.63, 3.8) is 0 Å². The van der Waals surface area contributed by atoms with Crippen LogP contribution in [0.4, 0.5) is 18.3 Å². The molecule has 1 aromatic heterocycles. The molecule has 0 spiro atoms. The van der Waals surface area contributed by atoms with Crippen molar-refractivity contribution in [3.05, 3.63) is 23.8 Å². The molecule has 0 radical (unpaired) electrons. The first-order valence-corrected chi connectivity index (χ1v) is 6.18. The van der Waals surface area contributed by atoms with Gasteiger partial charge in [0.1, 0.15) is 0 Å². The molecule has 8 heteroatoms. The number of fused-ring (bicyclic) bond motifs is 1. The van der Waals surface area contributed by atoms with E-state index in [1.807, 2.05) is 0 Å². The number of rotatable bonds is 4. The van der Waals surface area contributed by atoms with Crippen molar-refractivity contribution in [2.24, 2.45) is 5.73 Å². The number of anilines is 1. The molecular weight excluding hydrogens is 279 g/mol. The monoisotopic (exact) mass is 289 g/mol. The molecule has 0 saturated carbocycles. The summed E-state index contributed by atoms with van der Waals surface area (Å²) in [5.41, 5.74) is 4.53. The van der Waals surface area contributed by atoms with Crippen LogP contribution in [0.5, 0.6) is 0 Å². The van der Waals surface area contributed by atoms with Crippen LogP contribution in [0, 0.1) is 0 Å². The quantitative estimate of drug-likeness (QED) is 0.909. The third-order valence-corrected chi connectivity index (χ3v) is 3.36. The predicted octanol–water partition coefficient (Wildman–Crippen LogP) is 2.60. The minimum Gasteiger partial charge on any atom is -0.370 e. The molecule has 1 aromatic carbocycles. The number of primary amides is 1. The molecule has 0 aliphatic rings. The molecule has 0 unspecified atom stereocenters. The summed E-state index contributed by atoms with van der Waals surface area (Å²) >= 11 is 1.23. The summed E-state index contributed by atoms with van der Waals surface area (Å²) in [4.78, 5) is 14.6. The number of nitrogens with two attached hydrogens (primary N) is 1. The topological polar surface area (TPSA) is 68.0 Å². The van der Waals surface area contributed by atoms with Crippen LogP contribution in [-0.4, -0.2) is 17.4 Å². The molecule has 0 bridgehead atoms. The number of carbonyl (C=O) groups excluding carboxylic acids is 1. The lowest BCUT2D eigenvalue weighted by Crippen LogP contribution is -2.15. The van der Waals surface area contributed by atoms with Crippen LogP contribution in [0.2, 0.25) is 0 Å². The molecule has 0 aliphatic carbocycles. The van der Waals surface area contributed by atoms with E-state index in [1.165, 1.54) is 17.4 Å². The normalized spacial score (nSPS) is 11.7. The maximum atomic E-state index is 12.5. The summed E-state index contributed by atoms with van der Waals surface area (Å²) in [5.74, 6) is -0.451. The molecule has 2 rings (SSSR count). The third kappa shape index (κ3) is 3.34. The lowest BCUT2D eigenvalue weighted by molar-refractivity contribution is -0.137. The number of halogens is 3. The van der Waals surface area contributed by atoms with E-state index in [-0.39, 0.29) is 11.9 Å². The Balaban J connectivity index is 2.18. The standard InChI is InChI=1S/C11H10F3N3OS/c12-11(13,14)6-1-2-8-7(5-6)17-10(19-8)16-4-3-9(15)18/h1-2,5H,3-4H2,(H2,15,18)(H,16,17). The van der Waals surface area contributed by atoms with Gasteiger partial charge in [0, 0.05) is 13.0 Å². The zero-order chi connectivity index (χ0) is 14.0. The van der Waals surface area contributed by atoms with Gasteiger partial charge in [0.25, 0.3) is 0 Å². The summed E-state index contributed by atoms with van der Waals surface area (Å²) in [7, 11) is 0. The van der Waals surface area contributed by atoms with Gasteiger partial charge in [-0.3, -0.25) is 4.79 Å². The largest absolute Gasteiger partial charge is 0.416 e. The number of aromatic nitrogens is 1. The fourth-order valence-electron chi connectivity index (χ4n) is 1.47. The van der Waals surface area contributed by atoms with Gasteiger partial charge in [-0.25, -0.2) is 4.98 Å². The van der Waals surface area contributed by atoms with E-state index >= 15 is 0 Å². The van der Waals surface area contributed by atoms with Crippen LogP contribution in [0.1, 0.15) is 12.0 Å². The highest BCUT2D eigenvalue weighted by Gasteiger charge is 2.30. The number of nitrogens with zero attached hydrogens (tertiary/aromatic N) is 1. The van der Waals surface area contributed by atoms with E-state index < -0.39 is 17.6 Å². The fourth-order valence-corrected chi connectivity index (χ4v) is 2.34. The Kier molecular flexibility index (Phi) is 3.61. The highest BCUT2D eigenvalue weighted by atomic mass is 32.1. The molecule has 0 fully saturated rings. The molecule has 102 valence electrons. The van der Waals surface area contributed by atoms with Crippen LogP contribution >= 0.6 is 11.3 Å². The summed E-state index contributed by atoms with van der Waals surface area (Å²) < 4.78 is 38.2. The van der Waals surface area contributed by atoms with Gasteiger partial charge in [-0.15, -0.1) is 0 Å². The van der Waals surface area contributed by atoms with Gasteiger partial charge in [-0.2, -0.15) is 13.2 Å². The molecule has 3 N–H and O–H groups in total. The predicted molar refractivity (Wildman–Crippen MR) is 66.9 cm³/mol. The van der Waals surface area contributed by atoms with E-state index in [0.29, 0.717) is 16.4 Å². The van der Waals surface area contributed by atoms with Crippen molar-refractivity contribution < 1.29 is 18.0 Å². The number of nitrogens with one attached hydrogen (secondary N) is 1. The van der Waals surface area contributed by atoms with E-state index in [4.69, 9.17) is 5.73 Å². The minimum atomic E-state index is -4.38. The first kappa shape index (κ1) is 13.6. The minimum absolute atomic E-state index is 0.143. The summed E-state index contributed by atoms with van der Waals surface area (Å²) in [5, 5.41) is 3.32. The first-order valence-electron chi connectivity index (χ1n) is 5.36. The zero-order valence-electron chi connectivity index (χ0n) is 9.62. The van der Waals surface area contributed by atoms with Crippen molar-refractivity contribution in [2.75, 3.05) is 11.9 Å². The highest BCUT2D eigenvalue weighted by Crippen LogP contribution is 2.33. The van der Waals surface area contributed by atoms with Gasteiger partial charge < -0.3 is 11.1 Å². The Bertz CT molecular complexity index is 609. The SMILES string of the molecule is NC(=O)CCNc1nc2cc(C(F)(F)F)ccc2s1. The van der Waals surface area contributed by atoms with E-state index in [0.717, 1.165) is 12.1 Å². The smallest absolute Gasteiger partial charge is 0.370 e. The van der Waals surface area contributed by atoms with Crippen LogP contribution in [-0.2, 0) is 11.0 Å². The van der Waals surface area contributed by atoms with Gasteiger partial charge in [0.05, 0.1) is 15.8 Å². The Morgan fingerprint density at radius 1 is 1.42 bits per heavy atom. The molecule has 0 atom stereocenters. The van der Waals surface area contributed by atoms with Gasteiger partial charge in [0.15, 0.2) is 5.13 Å². The highest BCUT2D eigenvalue weighted by molar-refractivity contribution is 7.22. The lowest BCUT2D eigenvalue weighted by atomic mass is 10.2. The number of carbonyl (C=O) groups is 1. The van der Waals surface area contributed by atoms with Crippen molar-refractivity contribution in [1.29, 1.82) is 0 Å². The van der Waals surface area contributed by atoms with E-state index in [1.54, 1.807) is 0 Å². The van der Waals surface area contributed by atoms with Gasteiger partial charge in [-0.05, 0) is 18.2 Å². The Hall–Kier alpha value is -1.83. The van der Waals surface area contributed by atoms with Gasteiger partial charge >= 0.3 is 6.18 Å². The molecule has 1 heterocycles. The zero-order valence-corrected chi connectivity index (χ0v) is 10.4. The molecule has 0 aliphatic heterocycles.